The third kappa shape index (κ3) is 22.1. The zero-order valence-electron chi connectivity index (χ0n) is 28.0. The zero-order chi connectivity index (χ0) is 29.6. The van der Waals surface area contributed by atoms with Gasteiger partial charge < -0.3 is 0 Å². The van der Waals surface area contributed by atoms with Crippen LogP contribution in [-0.2, 0) is 9.59 Å². The van der Waals surface area contributed by atoms with Gasteiger partial charge in [0.05, 0.1) is 0 Å². The van der Waals surface area contributed by atoms with E-state index in [1.807, 2.05) is 0 Å². The van der Waals surface area contributed by atoms with E-state index in [2.05, 4.69) is 19.9 Å². The predicted molar refractivity (Wildman–Crippen MR) is 179 cm³/mol. The molecule has 0 saturated carbocycles. The number of hydrogen-bond donors (Lipinski definition) is 0. The van der Waals surface area contributed by atoms with Gasteiger partial charge in [-0.25, -0.2) is 0 Å². The fourth-order valence-corrected chi connectivity index (χ4v) is 6.31. The number of nitrogens with zero attached hydrogens (tertiary/aromatic N) is 1. The van der Waals surface area contributed by atoms with Gasteiger partial charge in [0.15, 0.2) is 0 Å². The average Bonchev–Trinajstić information content (AvgIpc) is 3.31. The average molecular weight is 574 g/mol. The van der Waals surface area contributed by atoms with Gasteiger partial charge in [-0.15, -0.1) is 0 Å². The number of allylic oxidation sites excluding steroid dienone is 2. The number of carbonyl (C=O) groups is 2. The van der Waals surface area contributed by atoms with Crippen LogP contribution in [0.3, 0.4) is 0 Å². The molecule has 3 heteroatoms. The molecule has 1 fully saturated rings. The van der Waals surface area contributed by atoms with Gasteiger partial charge in [0.2, 0.25) is 11.8 Å². The molecule has 0 aromatic rings. The summed E-state index contributed by atoms with van der Waals surface area (Å²) in [6, 6.07) is 0. The first-order valence-electron chi connectivity index (χ1n) is 18.8. The van der Waals surface area contributed by atoms with Gasteiger partial charge in [-0.3, -0.25) is 14.5 Å². The van der Waals surface area contributed by atoms with Gasteiger partial charge >= 0.3 is 0 Å². The van der Waals surface area contributed by atoms with Gasteiger partial charge in [-0.05, 0) is 25.7 Å². The molecule has 0 N–H and O–H groups in total. The van der Waals surface area contributed by atoms with Crippen LogP contribution in [0.5, 0.6) is 0 Å². The van der Waals surface area contributed by atoms with Gasteiger partial charge in [-0.2, -0.15) is 0 Å². The topological polar surface area (TPSA) is 37.4 Å². The molecule has 0 bridgehead atoms. The van der Waals surface area contributed by atoms with Crippen molar-refractivity contribution in [2.75, 3.05) is 0 Å². The van der Waals surface area contributed by atoms with Crippen LogP contribution < -0.4 is 0 Å². The maximum absolute atomic E-state index is 12.4. The van der Waals surface area contributed by atoms with Crippen LogP contribution in [0.25, 0.3) is 0 Å². The Balaban J connectivity index is 2.07. The monoisotopic (exact) mass is 574 g/mol. The van der Waals surface area contributed by atoms with Crippen molar-refractivity contribution in [1.82, 2.24) is 4.90 Å². The van der Waals surface area contributed by atoms with E-state index in [9.17, 15) is 9.59 Å². The Morgan fingerprint density at radius 3 is 1.10 bits per heavy atom. The Morgan fingerprint density at radius 2 is 0.756 bits per heavy atom. The molecule has 0 atom stereocenters. The second-order valence-electron chi connectivity index (χ2n) is 13.0. The SMILES string of the molecule is CCCCCCCCCCCCCCCCCC/C=C(\CCCCCCCCCCCCCC)N1C(=O)CCC1=O. The molecule has 2 amide bonds. The first-order chi connectivity index (χ1) is 20.2. The smallest absolute Gasteiger partial charge is 0.234 e. The van der Waals surface area contributed by atoms with Crippen LogP contribution in [0, 0.1) is 0 Å². The minimum absolute atomic E-state index is 0.0205. The summed E-state index contributed by atoms with van der Waals surface area (Å²) in [6.07, 6.45) is 43.1. The van der Waals surface area contributed by atoms with E-state index in [1.165, 1.54) is 178 Å². The predicted octanol–water partition coefficient (Wildman–Crippen LogP) is 12.8. The summed E-state index contributed by atoms with van der Waals surface area (Å²) in [7, 11) is 0. The molecule has 0 unspecified atom stereocenters. The summed E-state index contributed by atoms with van der Waals surface area (Å²) in [5.41, 5.74) is 1.01. The van der Waals surface area contributed by atoms with Crippen molar-refractivity contribution in [2.45, 2.75) is 219 Å². The molecular formula is C38H71NO2. The lowest BCUT2D eigenvalue weighted by Gasteiger charge is -2.18. The molecular weight excluding hydrogens is 502 g/mol. The Morgan fingerprint density at radius 1 is 0.463 bits per heavy atom. The molecule has 1 heterocycles. The van der Waals surface area contributed by atoms with E-state index in [0.717, 1.165) is 25.0 Å². The lowest BCUT2D eigenvalue weighted by atomic mass is 10.0. The fourth-order valence-electron chi connectivity index (χ4n) is 6.31. The molecule has 0 radical (unpaired) electrons. The maximum atomic E-state index is 12.4. The van der Waals surface area contributed by atoms with Crippen LogP contribution in [0.1, 0.15) is 219 Å². The number of amides is 2. The van der Waals surface area contributed by atoms with Crippen molar-refractivity contribution in [3.8, 4) is 0 Å². The highest BCUT2D eigenvalue weighted by Gasteiger charge is 2.31. The van der Waals surface area contributed by atoms with Gasteiger partial charge in [-0.1, -0.05) is 187 Å². The number of imide groups is 1. The van der Waals surface area contributed by atoms with Crippen molar-refractivity contribution < 1.29 is 9.59 Å². The fraction of sp³-hybridized carbons (Fsp3) is 0.895. The zero-order valence-corrected chi connectivity index (χ0v) is 28.0. The summed E-state index contributed by atoms with van der Waals surface area (Å²) in [5, 5.41) is 0. The molecule has 1 saturated heterocycles. The van der Waals surface area contributed by atoms with Crippen LogP contribution in [0.15, 0.2) is 11.8 Å². The van der Waals surface area contributed by atoms with E-state index in [0.29, 0.717) is 12.8 Å². The number of hydrogen-bond acceptors (Lipinski definition) is 2. The summed E-state index contributed by atoms with van der Waals surface area (Å²) in [4.78, 5) is 26.3. The van der Waals surface area contributed by atoms with Gasteiger partial charge in [0.1, 0.15) is 0 Å². The van der Waals surface area contributed by atoms with Crippen molar-refractivity contribution >= 4 is 11.8 Å². The lowest BCUT2D eigenvalue weighted by Crippen LogP contribution is -2.28. The quantitative estimate of drug-likeness (QED) is 0.0611. The summed E-state index contributed by atoms with van der Waals surface area (Å²) in [5.74, 6) is 0.0410. The minimum atomic E-state index is 0.0205. The normalized spacial score (nSPS) is 14.1. The summed E-state index contributed by atoms with van der Waals surface area (Å²) < 4.78 is 0. The molecule has 0 aromatic carbocycles. The molecule has 1 aliphatic rings. The van der Waals surface area contributed by atoms with Crippen molar-refractivity contribution in [3.05, 3.63) is 11.8 Å². The third-order valence-electron chi connectivity index (χ3n) is 9.06. The second-order valence-corrected chi connectivity index (χ2v) is 13.0. The standard InChI is InChI=1S/C38H71NO2/c1-3-5-7-9-11-13-15-17-18-19-20-21-23-25-27-29-31-33-36(39-37(40)34-35-38(39)41)32-30-28-26-24-22-16-14-12-10-8-6-4-2/h33H,3-32,34-35H2,1-2H3/b36-33+. The third-order valence-corrected chi connectivity index (χ3v) is 9.06. The van der Waals surface area contributed by atoms with E-state index < -0.39 is 0 Å². The first-order valence-corrected chi connectivity index (χ1v) is 18.8. The highest BCUT2D eigenvalue weighted by Crippen LogP contribution is 2.24. The molecule has 1 aliphatic heterocycles. The molecule has 0 aliphatic carbocycles. The van der Waals surface area contributed by atoms with Crippen molar-refractivity contribution in [3.63, 3.8) is 0 Å². The largest absolute Gasteiger partial charge is 0.274 e. The summed E-state index contributed by atoms with van der Waals surface area (Å²) >= 11 is 0. The van der Waals surface area contributed by atoms with E-state index in [-0.39, 0.29) is 11.8 Å². The molecule has 41 heavy (non-hydrogen) atoms. The molecule has 3 nitrogen and oxygen atoms in total. The van der Waals surface area contributed by atoms with E-state index in [1.54, 1.807) is 0 Å². The van der Waals surface area contributed by atoms with Gasteiger partial charge in [0, 0.05) is 18.5 Å². The molecule has 240 valence electrons. The molecule has 0 aromatic heterocycles. The maximum Gasteiger partial charge on any atom is 0.234 e. The summed E-state index contributed by atoms with van der Waals surface area (Å²) in [6.45, 7) is 4.57. The Bertz CT molecular complexity index is 624. The first kappa shape index (κ1) is 37.9. The van der Waals surface area contributed by atoms with E-state index >= 15 is 0 Å². The van der Waals surface area contributed by atoms with Crippen molar-refractivity contribution in [2.24, 2.45) is 0 Å². The molecule has 0 spiro atoms. The minimum Gasteiger partial charge on any atom is -0.274 e. The van der Waals surface area contributed by atoms with Crippen LogP contribution in [0.4, 0.5) is 0 Å². The molecule has 1 rings (SSSR count). The Kier molecular flexibility index (Phi) is 26.8. The van der Waals surface area contributed by atoms with Crippen molar-refractivity contribution in [1.29, 1.82) is 0 Å². The second kappa shape index (κ2) is 29.0. The van der Waals surface area contributed by atoms with Crippen LogP contribution >= 0.6 is 0 Å². The Labute approximate surface area is 257 Å². The number of carbonyl (C=O) groups excluding carboxylic acids is 2. The highest BCUT2D eigenvalue weighted by molar-refractivity contribution is 6.03. The van der Waals surface area contributed by atoms with Crippen LogP contribution in [0.2, 0.25) is 0 Å². The highest BCUT2D eigenvalue weighted by atomic mass is 16.2. The van der Waals surface area contributed by atoms with Gasteiger partial charge in [0.25, 0.3) is 0 Å². The van der Waals surface area contributed by atoms with E-state index in [4.69, 9.17) is 0 Å². The number of likely N-dealkylation sites (tertiary alicyclic amines) is 1. The lowest BCUT2D eigenvalue weighted by molar-refractivity contribution is -0.136. The number of unbranched alkanes of at least 4 members (excludes halogenated alkanes) is 27. The Hall–Kier alpha value is -1.12. The van der Waals surface area contributed by atoms with Crippen LogP contribution in [-0.4, -0.2) is 16.7 Å². The number of rotatable bonds is 31.